The number of hydrogen-bond donors (Lipinski definition) is 2. The van der Waals surface area contributed by atoms with Crippen molar-refractivity contribution in [1.29, 1.82) is 0 Å². The Hall–Kier alpha value is -0.570. The third-order valence-corrected chi connectivity index (χ3v) is 4.35. The fourth-order valence-electron chi connectivity index (χ4n) is 3.15. The van der Waals surface area contributed by atoms with Crippen LogP contribution in [-0.2, 0) is 4.79 Å². The van der Waals surface area contributed by atoms with Crippen LogP contribution in [-0.4, -0.2) is 24.5 Å². The molecule has 0 aromatic rings. The fourth-order valence-corrected chi connectivity index (χ4v) is 3.15. The molecule has 0 aromatic heterocycles. The summed E-state index contributed by atoms with van der Waals surface area (Å²) in [6.45, 7) is 3.17. The number of piperidine rings is 1. The molecule has 1 aliphatic carbocycles. The molecule has 1 heterocycles. The Morgan fingerprint density at radius 1 is 1.12 bits per heavy atom. The van der Waals surface area contributed by atoms with Crippen molar-refractivity contribution in [3.05, 3.63) is 0 Å². The molecule has 0 unspecified atom stereocenters. The summed E-state index contributed by atoms with van der Waals surface area (Å²) in [5.41, 5.74) is 0. The number of hydrogen-bond acceptors (Lipinski definition) is 2. The summed E-state index contributed by atoms with van der Waals surface area (Å²) >= 11 is 0. The van der Waals surface area contributed by atoms with E-state index < -0.39 is 0 Å². The van der Waals surface area contributed by atoms with Crippen LogP contribution in [0.1, 0.15) is 58.3 Å². The number of carbonyl (C=O) groups is 1. The van der Waals surface area contributed by atoms with Crippen LogP contribution < -0.4 is 10.6 Å². The molecule has 1 aliphatic heterocycles. The van der Waals surface area contributed by atoms with E-state index in [1.807, 2.05) is 0 Å². The van der Waals surface area contributed by atoms with Gasteiger partial charge in [0.2, 0.25) is 5.91 Å². The largest absolute Gasteiger partial charge is 0.352 e. The molecule has 0 bridgehead atoms. The van der Waals surface area contributed by atoms with Gasteiger partial charge in [0.25, 0.3) is 0 Å². The van der Waals surface area contributed by atoms with E-state index in [-0.39, 0.29) is 11.9 Å². The maximum absolute atomic E-state index is 12.1. The zero-order chi connectivity index (χ0) is 12.1. The predicted molar refractivity (Wildman–Crippen MR) is 69.8 cm³/mol. The third-order valence-electron chi connectivity index (χ3n) is 4.35. The molecule has 98 valence electrons. The predicted octanol–water partition coefficient (Wildman–Crippen LogP) is 2.21. The van der Waals surface area contributed by atoms with Gasteiger partial charge in [0.1, 0.15) is 0 Å². The fraction of sp³-hybridized carbons (Fsp3) is 0.929. The van der Waals surface area contributed by atoms with Gasteiger partial charge in [0.05, 0.1) is 6.04 Å². The van der Waals surface area contributed by atoms with Gasteiger partial charge in [-0.15, -0.1) is 0 Å². The first-order valence-electron chi connectivity index (χ1n) is 7.31. The van der Waals surface area contributed by atoms with Crippen molar-refractivity contribution in [3.63, 3.8) is 0 Å². The highest BCUT2D eigenvalue weighted by Crippen LogP contribution is 2.26. The molecule has 2 fully saturated rings. The van der Waals surface area contributed by atoms with Crippen LogP contribution in [0.25, 0.3) is 0 Å². The van der Waals surface area contributed by atoms with Crippen LogP contribution in [0.3, 0.4) is 0 Å². The molecule has 3 heteroatoms. The van der Waals surface area contributed by atoms with E-state index in [2.05, 4.69) is 17.6 Å². The molecule has 1 saturated carbocycles. The zero-order valence-corrected chi connectivity index (χ0v) is 11.0. The Balaban J connectivity index is 1.76. The zero-order valence-electron chi connectivity index (χ0n) is 11.0. The number of nitrogens with one attached hydrogen (secondary N) is 2. The molecule has 2 rings (SSSR count). The van der Waals surface area contributed by atoms with Crippen LogP contribution in [0.4, 0.5) is 0 Å². The molecule has 1 amide bonds. The number of amides is 1. The standard InChI is InChI=1S/C14H26N2O/c1-11(12-7-3-2-4-8-12)16-14(17)13-9-5-6-10-15-13/h11-13,15H,2-10H2,1H3,(H,16,17)/t11-,13-/m1/s1. The van der Waals surface area contributed by atoms with Crippen LogP contribution in [0.2, 0.25) is 0 Å². The van der Waals surface area contributed by atoms with Crippen molar-refractivity contribution in [2.45, 2.75) is 70.4 Å². The lowest BCUT2D eigenvalue weighted by molar-refractivity contribution is -0.124. The Morgan fingerprint density at radius 3 is 2.47 bits per heavy atom. The van der Waals surface area contributed by atoms with Crippen LogP contribution in [0.15, 0.2) is 0 Å². The van der Waals surface area contributed by atoms with Crippen LogP contribution in [0.5, 0.6) is 0 Å². The lowest BCUT2D eigenvalue weighted by Gasteiger charge is -2.30. The molecular weight excluding hydrogens is 212 g/mol. The van der Waals surface area contributed by atoms with Crippen molar-refractivity contribution in [2.75, 3.05) is 6.54 Å². The second-order valence-electron chi connectivity index (χ2n) is 5.70. The summed E-state index contributed by atoms with van der Waals surface area (Å²) in [5.74, 6) is 0.930. The molecule has 0 aromatic carbocycles. The van der Waals surface area contributed by atoms with Gasteiger partial charge in [-0.05, 0) is 45.1 Å². The summed E-state index contributed by atoms with van der Waals surface area (Å²) in [5, 5.41) is 6.53. The Bertz CT molecular complexity index is 243. The van der Waals surface area contributed by atoms with Gasteiger partial charge in [-0.2, -0.15) is 0 Å². The molecule has 2 atom stereocenters. The highest BCUT2D eigenvalue weighted by atomic mass is 16.2. The van der Waals surface area contributed by atoms with Crippen LogP contribution in [0, 0.1) is 5.92 Å². The van der Waals surface area contributed by atoms with Gasteiger partial charge in [-0.3, -0.25) is 4.79 Å². The van der Waals surface area contributed by atoms with E-state index in [4.69, 9.17) is 0 Å². The molecule has 2 N–H and O–H groups in total. The molecule has 0 radical (unpaired) electrons. The molecule has 1 saturated heterocycles. The maximum atomic E-state index is 12.1. The van der Waals surface area contributed by atoms with E-state index in [1.54, 1.807) is 0 Å². The highest BCUT2D eigenvalue weighted by Gasteiger charge is 2.25. The van der Waals surface area contributed by atoms with Crippen molar-refractivity contribution >= 4 is 5.91 Å². The first-order valence-corrected chi connectivity index (χ1v) is 7.31. The van der Waals surface area contributed by atoms with Crippen molar-refractivity contribution in [2.24, 2.45) is 5.92 Å². The van der Waals surface area contributed by atoms with Gasteiger partial charge in [-0.1, -0.05) is 25.7 Å². The molecule has 2 aliphatic rings. The third kappa shape index (κ3) is 3.70. The molecule has 0 spiro atoms. The monoisotopic (exact) mass is 238 g/mol. The second kappa shape index (κ2) is 6.39. The topological polar surface area (TPSA) is 41.1 Å². The van der Waals surface area contributed by atoms with Gasteiger partial charge in [-0.25, -0.2) is 0 Å². The molecular formula is C14H26N2O. The average Bonchev–Trinajstić information content (AvgIpc) is 2.40. The highest BCUT2D eigenvalue weighted by molar-refractivity contribution is 5.82. The van der Waals surface area contributed by atoms with Gasteiger partial charge >= 0.3 is 0 Å². The van der Waals surface area contributed by atoms with Gasteiger partial charge in [0.15, 0.2) is 0 Å². The summed E-state index contributed by atoms with van der Waals surface area (Å²) in [6.07, 6.45) is 10.0. The van der Waals surface area contributed by atoms with E-state index in [1.165, 1.54) is 44.9 Å². The first kappa shape index (κ1) is 12.9. The maximum Gasteiger partial charge on any atom is 0.237 e. The first-order chi connectivity index (χ1) is 8.27. The minimum Gasteiger partial charge on any atom is -0.352 e. The van der Waals surface area contributed by atoms with Gasteiger partial charge < -0.3 is 10.6 Å². The SMILES string of the molecule is C[C@@H](NC(=O)[C@H]1CCCCN1)C1CCCCC1. The lowest BCUT2D eigenvalue weighted by atomic mass is 9.84. The van der Waals surface area contributed by atoms with Crippen molar-refractivity contribution in [3.8, 4) is 0 Å². The number of carbonyl (C=O) groups excluding carboxylic acids is 1. The summed E-state index contributed by atoms with van der Waals surface area (Å²) in [7, 11) is 0. The normalized spacial score (nSPS) is 28.6. The summed E-state index contributed by atoms with van der Waals surface area (Å²) < 4.78 is 0. The van der Waals surface area contributed by atoms with Gasteiger partial charge in [0, 0.05) is 6.04 Å². The number of rotatable bonds is 3. The molecule has 17 heavy (non-hydrogen) atoms. The average molecular weight is 238 g/mol. The lowest BCUT2D eigenvalue weighted by Crippen LogP contribution is -2.50. The minimum atomic E-state index is 0.0646. The molecule has 3 nitrogen and oxygen atoms in total. The summed E-state index contributed by atoms with van der Waals surface area (Å²) in [6, 6.07) is 0.418. The smallest absolute Gasteiger partial charge is 0.237 e. The van der Waals surface area contributed by atoms with E-state index in [9.17, 15) is 4.79 Å². The Labute approximate surface area is 105 Å². The van der Waals surface area contributed by atoms with E-state index in [0.717, 1.165) is 13.0 Å². The van der Waals surface area contributed by atoms with Crippen molar-refractivity contribution < 1.29 is 4.79 Å². The summed E-state index contributed by atoms with van der Waals surface area (Å²) in [4.78, 5) is 12.1. The Morgan fingerprint density at radius 2 is 1.82 bits per heavy atom. The van der Waals surface area contributed by atoms with E-state index >= 15 is 0 Å². The minimum absolute atomic E-state index is 0.0646. The quantitative estimate of drug-likeness (QED) is 0.791. The van der Waals surface area contributed by atoms with Crippen molar-refractivity contribution in [1.82, 2.24) is 10.6 Å². The van der Waals surface area contributed by atoms with E-state index in [0.29, 0.717) is 12.0 Å². The van der Waals surface area contributed by atoms with Crippen LogP contribution >= 0.6 is 0 Å². The Kier molecular flexibility index (Phi) is 4.84. The second-order valence-corrected chi connectivity index (χ2v) is 5.70.